The summed E-state index contributed by atoms with van der Waals surface area (Å²) < 4.78 is 5.58. The van der Waals surface area contributed by atoms with Crippen molar-refractivity contribution >= 4 is 11.9 Å². The Labute approximate surface area is 93.6 Å². The van der Waals surface area contributed by atoms with Gasteiger partial charge < -0.3 is 9.84 Å². The molecule has 0 radical (unpaired) electrons. The molecule has 0 fully saturated rings. The summed E-state index contributed by atoms with van der Waals surface area (Å²) in [6.45, 7) is 0.582. The van der Waals surface area contributed by atoms with Crippen LogP contribution in [0, 0.1) is 0 Å². The zero-order valence-corrected chi connectivity index (χ0v) is 8.80. The van der Waals surface area contributed by atoms with Crippen molar-refractivity contribution in [3.63, 3.8) is 0 Å². The molecule has 0 spiro atoms. The predicted octanol–water partition coefficient (Wildman–Crippen LogP) is 2.02. The van der Waals surface area contributed by atoms with E-state index in [9.17, 15) is 4.79 Å². The van der Waals surface area contributed by atoms with Crippen LogP contribution >= 0.6 is 0 Å². The van der Waals surface area contributed by atoms with Gasteiger partial charge in [-0.15, -0.1) is 0 Å². The van der Waals surface area contributed by atoms with Crippen LogP contribution in [0.3, 0.4) is 0 Å². The van der Waals surface area contributed by atoms with E-state index in [1.54, 1.807) is 0 Å². The van der Waals surface area contributed by atoms with Gasteiger partial charge in [0.2, 0.25) is 0 Å². The monoisotopic (exact) mass is 219 g/mol. The van der Waals surface area contributed by atoms with Gasteiger partial charge in [0.15, 0.2) is 5.90 Å². The van der Waals surface area contributed by atoms with Crippen molar-refractivity contribution < 1.29 is 14.6 Å². The van der Waals surface area contributed by atoms with Crippen LogP contribution in [-0.2, 0) is 9.53 Å². The average Bonchev–Trinajstić information content (AvgIpc) is 2.76. The molecule has 4 nitrogen and oxygen atoms in total. The molecule has 0 aliphatic carbocycles. The lowest BCUT2D eigenvalue weighted by Crippen LogP contribution is -2.07. The van der Waals surface area contributed by atoms with E-state index in [4.69, 9.17) is 9.84 Å². The van der Waals surface area contributed by atoms with Gasteiger partial charge in [0.05, 0.1) is 13.0 Å². The van der Waals surface area contributed by atoms with Crippen molar-refractivity contribution in [2.75, 3.05) is 6.54 Å². The molecule has 1 aromatic rings. The van der Waals surface area contributed by atoms with Crippen LogP contribution in [-0.4, -0.2) is 23.5 Å². The van der Waals surface area contributed by atoms with E-state index < -0.39 is 5.97 Å². The van der Waals surface area contributed by atoms with Crippen LogP contribution in [0.5, 0.6) is 0 Å². The molecule has 0 bridgehead atoms. The molecule has 0 aromatic heterocycles. The van der Waals surface area contributed by atoms with E-state index in [0.29, 0.717) is 18.9 Å². The number of rotatable bonds is 4. The first kappa shape index (κ1) is 10.7. The van der Waals surface area contributed by atoms with Gasteiger partial charge in [-0.25, -0.2) is 0 Å². The van der Waals surface area contributed by atoms with Gasteiger partial charge in [0.1, 0.15) is 6.10 Å². The number of benzene rings is 1. The summed E-state index contributed by atoms with van der Waals surface area (Å²) in [5.74, 6) is -0.272. The summed E-state index contributed by atoms with van der Waals surface area (Å²) in [4.78, 5) is 14.6. The zero-order chi connectivity index (χ0) is 11.4. The molecule has 2 rings (SSSR count). The van der Waals surface area contributed by atoms with Crippen LogP contribution in [0.1, 0.15) is 24.5 Å². The lowest BCUT2D eigenvalue weighted by molar-refractivity contribution is -0.136. The first-order valence-electron chi connectivity index (χ1n) is 5.22. The quantitative estimate of drug-likeness (QED) is 0.842. The molecule has 1 aromatic carbocycles. The topological polar surface area (TPSA) is 58.9 Å². The molecule has 1 heterocycles. The molecule has 1 atom stereocenters. The summed E-state index contributed by atoms with van der Waals surface area (Å²) in [5, 5.41) is 8.55. The Kier molecular flexibility index (Phi) is 3.19. The molecule has 0 saturated heterocycles. The number of carboxylic acids is 1. The molecule has 4 heteroatoms. The van der Waals surface area contributed by atoms with Crippen LogP contribution in [0.4, 0.5) is 0 Å². The van der Waals surface area contributed by atoms with E-state index in [1.807, 2.05) is 30.3 Å². The third kappa shape index (κ3) is 2.59. The van der Waals surface area contributed by atoms with Gasteiger partial charge in [-0.3, -0.25) is 9.79 Å². The lowest BCUT2D eigenvalue weighted by Gasteiger charge is -2.10. The van der Waals surface area contributed by atoms with E-state index in [2.05, 4.69) is 4.99 Å². The number of hydrogen-bond donors (Lipinski definition) is 1. The van der Waals surface area contributed by atoms with E-state index >= 15 is 0 Å². The minimum atomic E-state index is -0.825. The van der Waals surface area contributed by atoms with Crippen molar-refractivity contribution in [1.29, 1.82) is 0 Å². The SMILES string of the molecule is O=C(O)CCC1=NCC(c2ccccc2)O1. The number of carboxylic acid groups (broad SMARTS) is 1. The number of nitrogens with zero attached hydrogens (tertiary/aromatic N) is 1. The smallest absolute Gasteiger partial charge is 0.303 e. The minimum absolute atomic E-state index is 0.0509. The Bertz CT molecular complexity index is 400. The highest BCUT2D eigenvalue weighted by Gasteiger charge is 2.21. The highest BCUT2D eigenvalue weighted by atomic mass is 16.5. The highest BCUT2D eigenvalue weighted by molar-refractivity contribution is 5.81. The first-order chi connectivity index (χ1) is 7.75. The lowest BCUT2D eigenvalue weighted by atomic mass is 10.1. The van der Waals surface area contributed by atoms with Crippen molar-refractivity contribution in [2.45, 2.75) is 18.9 Å². The number of carbonyl (C=O) groups is 1. The summed E-state index contributed by atoms with van der Waals surface area (Å²) in [6, 6.07) is 9.83. The van der Waals surface area contributed by atoms with Crippen LogP contribution in [0.2, 0.25) is 0 Å². The summed E-state index contributed by atoms with van der Waals surface area (Å²) in [7, 11) is 0. The van der Waals surface area contributed by atoms with Crippen LogP contribution in [0.15, 0.2) is 35.3 Å². The minimum Gasteiger partial charge on any atom is -0.481 e. The Hall–Kier alpha value is -1.84. The largest absolute Gasteiger partial charge is 0.481 e. The molecule has 84 valence electrons. The molecule has 1 aliphatic heterocycles. The molecule has 0 amide bonds. The maximum atomic E-state index is 10.4. The Morgan fingerprint density at radius 1 is 1.44 bits per heavy atom. The molecule has 1 aliphatic rings. The van der Waals surface area contributed by atoms with E-state index in [-0.39, 0.29) is 12.5 Å². The first-order valence-corrected chi connectivity index (χ1v) is 5.22. The number of hydrogen-bond acceptors (Lipinski definition) is 3. The van der Waals surface area contributed by atoms with Crippen LogP contribution < -0.4 is 0 Å². The van der Waals surface area contributed by atoms with Gasteiger partial charge in [0.25, 0.3) is 0 Å². The Morgan fingerprint density at radius 2 is 2.19 bits per heavy atom. The summed E-state index contributed by atoms with van der Waals surface area (Å²) in [6.07, 6.45) is 0.393. The van der Waals surface area contributed by atoms with E-state index in [0.717, 1.165) is 5.56 Å². The molecular formula is C12H13NO3. The fraction of sp³-hybridized carbons (Fsp3) is 0.333. The van der Waals surface area contributed by atoms with Gasteiger partial charge in [-0.2, -0.15) is 0 Å². The van der Waals surface area contributed by atoms with Gasteiger partial charge >= 0.3 is 5.97 Å². The third-order valence-corrected chi connectivity index (χ3v) is 2.44. The predicted molar refractivity (Wildman–Crippen MR) is 59.4 cm³/mol. The van der Waals surface area contributed by atoms with Crippen molar-refractivity contribution in [2.24, 2.45) is 4.99 Å². The van der Waals surface area contributed by atoms with E-state index in [1.165, 1.54) is 0 Å². The molecule has 0 saturated carbocycles. The number of ether oxygens (including phenoxy) is 1. The molecule has 1 N–H and O–H groups in total. The standard InChI is InChI=1S/C12H13NO3/c14-12(15)7-6-11-13-8-10(16-11)9-4-2-1-3-5-9/h1-5,10H,6-8H2,(H,14,15). The van der Waals surface area contributed by atoms with Crippen molar-refractivity contribution in [3.8, 4) is 0 Å². The Morgan fingerprint density at radius 3 is 2.88 bits per heavy atom. The van der Waals surface area contributed by atoms with Crippen molar-refractivity contribution in [3.05, 3.63) is 35.9 Å². The second-order valence-corrected chi connectivity index (χ2v) is 3.65. The van der Waals surface area contributed by atoms with Gasteiger partial charge in [-0.05, 0) is 5.56 Å². The molecular weight excluding hydrogens is 206 g/mol. The fourth-order valence-electron chi connectivity index (χ4n) is 1.62. The zero-order valence-electron chi connectivity index (χ0n) is 8.80. The highest BCUT2D eigenvalue weighted by Crippen LogP contribution is 2.23. The fourth-order valence-corrected chi connectivity index (χ4v) is 1.62. The molecule has 16 heavy (non-hydrogen) atoms. The van der Waals surface area contributed by atoms with Crippen LogP contribution in [0.25, 0.3) is 0 Å². The summed E-state index contributed by atoms with van der Waals surface area (Å²) in [5.41, 5.74) is 1.08. The normalized spacial score (nSPS) is 19.0. The second-order valence-electron chi connectivity index (χ2n) is 3.65. The maximum Gasteiger partial charge on any atom is 0.303 e. The van der Waals surface area contributed by atoms with Gasteiger partial charge in [-0.1, -0.05) is 30.3 Å². The second kappa shape index (κ2) is 4.79. The average molecular weight is 219 g/mol. The maximum absolute atomic E-state index is 10.4. The number of aliphatic carboxylic acids is 1. The third-order valence-electron chi connectivity index (χ3n) is 2.44. The molecule has 1 unspecified atom stereocenters. The number of aliphatic imine (C=N–C) groups is 1. The van der Waals surface area contributed by atoms with Crippen molar-refractivity contribution in [1.82, 2.24) is 0 Å². The Balaban J connectivity index is 1.89. The summed E-state index contributed by atoms with van der Waals surface area (Å²) >= 11 is 0. The van der Waals surface area contributed by atoms with Gasteiger partial charge in [0, 0.05) is 6.42 Å².